The SMILES string of the molecule is Cc1cnc(Br)nc1Nc1cc(C2CC2)[nH]n1. The summed E-state index contributed by atoms with van der Waals surface area (Å²) in [6.07, 6.45) is 4.30. The Kier molecular flexibility index (Phi) is 2.58. The van der Waals surface area contributed by atoms with E-state index in [0.717, 1.165) is 17.2 Å². The highest BCUT2D eigenvalue weighted by molar-refractivity contribution is 9.10. The van der Waals surface area contributed by atoms with Crippen LogP contribution in [0.2, 0.25) is 0 Å². The van der Waals surface area contributed by atoms with Crippen molar-refractivity contribution in [2.75, 3.05) is 5.32 Å². The van der Waals surface area contributed by atoms with Crippen LogP contribution in [0.15, 0.2) is 17.0 Å². The van der Waals surface area contributed by atoms with Crippen molar-refractivity contribution in [1.82, 2.24) is 20.2 Å². The van der Waals surface area contributed by atoms with Crippen LogP contribution in [0, 0.1) is 6.92 Å². The summed E-state index contributed by atoms with van der Waals surface area (Å²) in [6, 6.07) is 2.05. The number of H-pyrrole nitrogens is 1. The van der Waals surface area contributed by atoms with Gasteiger partial charge in [0.05, 0.1) is 0 Å². The van der Waals surface area contributed by atoms with Gasteiger partial charge >= 0.3 is 0 Å². The fourth-order valence-corrected chi connectivity index (χ4v) is 1.95. The molecule has 0 atom stereocenters. The summed E-state index contributed by atoms with van der Waals surface area (Å²) >= 11 is 3.26. The van der Waals surface area contributed by atoms with Crippen LogP contribution in [-0.2, 0) is 0 Å². The highest BCUT2D eigenvalue weighted by Gasteiger charge is 2.25. The third-order valence-electron chi connectivity index (χ3n) is 2.80. The van der Waals surface area contributed by atoms with Crippen molar-refractivity contribution in [3.63, 3.8) is 0 Å². The Morgan fingerprint density at radius 3 is 3.06 bits per heavy atom. The number of nitrogens with zero attached hydrogens (tertiary/aromatic N) is 3. The Labute approximate surface area is 107 Å². The summed E-state index contributed by atoms with van der Waals surface area (Å²) in [6.45, 7) is 1.96. The quantitative estimate of drug-likeness (QED) is 0.854. The molecule has 2 aromatic heterocycles. The van der Waals surface area contributed by atoms with Crippen molar-refractivity contribution in [3.8, 4) is 0 Å². The second-order valence-corrected chi connectivity index (χ2v) is 4.99. The van der Waals surface area contributed by atoms with E-state index in [4.69, 9.17) is 0 Å². The van der Waals surface area contributed by atoms with Crippen LogP contribution >= 0.6 is 15.9 Å². The molecule has 2 heterocycles. The fourth-order valence-electron chi connectivity index (χ4n) is 1.67. The molecular formula is C11H12BrN5. The lowest BCUT2D eigenvalue weighted by atomic mass is 10.3. The van der Waals surface area contributed by atoms with Crippen molar-refractivity contribution in [2.24, 2.45) is 0 Å². The Balaban J connectivity index is 1.82. The molecule has 6 heteroatoms. The van der Waals surface area contributed by atoms with Gasteiger partial charge in [0.2, 0.25) is 0 Å². The third-order valence-corrected chi connectivity index (χ3v) is 3.19. The van der Waals surface area contributed by atoms with Gasteiger partial charge in [-0.2, -0.15) is 5.10 Å². The summed E-state index contributed by atoms with van der Waals surface area (Å²) in [5.41, 5.74) is 2.20. The standard InChI is InChI=1S/C11H12BrN5/c1-6-5-13-11(12)15-10(6)14-9-4-8(16-17-9)7-2-3-7/h4-5,7H,2-3H2,1H3,(H2,13,14,15,16,17). The molecule has 2 aromatic rings. The zero-order chi connectivity index (χ0) is 11.8. The normalized spacial score (nSPS) is 14.9. The van der Waals surface area contributed by atoms with Crippen LogP contribution in [-0.4, -0.2) is 20.2 Å². The zero-order valence-corrected chi connectivity index (χ0v) is 11.0. The Hall–Kier alpha value is -1.43. The van der Waals surface area contributed by atoms with E-state index in [9.17, 15) is 0 Å². The molecule has 1 aliphatic carbocycles. The van der Waals surface area contributed by atoms with Gasteiger partial charge in [-0.25, -0.2) is 9.97 Å². The van der Waals surface area contributed by atoms with Crippen molar-refractivity contribution in [1.29, 1.82) is 0 Å². The molecule has 2 N–H and O–H groups in total. The maximum atomic E-state index is 4.28. The van der Waals surface area contributed by atoms with Gasteiger partial charge in [-0.3, -0.25) is 5.10 Å². The van der Waals surface area contributed by atoms with Gasteiger partial charge in [0, 0.05) is 29.4 Å². The van der Waals surface area contributed by atoms with Crippen molar-refractivity contribution in [3.05, 3.63) is 28.3 Å². The number of aromatic nitrogens is 4. The van der Waals surface area contributed by atoms with Gasteiger partial charge in [-0.15, -0.1) is 0 Å². The second kappa shape index (κ2) is 4.10. The van der Waals surface area contributed by atoms with Gasteiger partial charge in [0.1, 0.15) is 5.82 Å². The summed E-state index contributed by atoms with van der Waals surface area (Å²) in [4.78, 5) is 8.34. The summed E-state index contributed by atoms with van der Waals surface area (Å²) in [5.74, 6) is 2.26. The van der Waals surface area contributed by atoms with Crippen LogP contribution in [0.4, 0.5) is 11.6 Å². The summed E-state index contributed by atoms with van der Waals surface area (Å²) in [7, 11) is 0. The number of hydrogen-bond donors (Lipinski definition) is 2. The molecule has 0 aliphatic heterocycles. The first-order valence-corrected chi connectivity index (χ1v) is 6.33. The molecule has 1 fully saturated rings. The van der Waals surface area contributed by atoms with Gasteiger partial charge in [0.15, 0.2) is 10.6 Å². The van der Waals surface area contributed by atoms with E-state index in [-0.39, 0.29) is 0 Å². The Morgan fingerprint density at radius 1 is 1.47 bits per heavy atom. The van der Waals surface area contributed by atoms with Crippen LogP contribution < -0.4 is 5.32 Å². The van der Waals surface area contributed by atoms with Gasteiger partial charge in [0.25, 0.3) is 0 Å². The number of aromatic amines is 1. The van der Waals surface area contributed by atoms with E-state index in [1.54, 1.807) is 6.20 Å². The van der Waals surface area contributed by atoms with Crippen LogP contribution in [0.1, 0.15) is 30.0 Å². The predicted octanol–water partition coefficient (Wildman–Crippen LogP) is 2.89. The molecule has 17 heavy (non-hydrogen) atoms. The lowest BCUT2D eigenvalue weighted by Gasteiger charge is -2.04. The highest BCUT2D eigenvalue weighted by atomic mass is 79.9. The van der Waals surface area contributed by atoms with E-state index in [0.29, 0.717) is 10.7 Å². The average Bonchev–Trinajstić information content (AvgIpc) is 3.05. The molecule has 88 valence electrons. The van der Waals surface area contributed by atoms with Crippen LogP contribution in [0.25, 0.3) is 0 Å². The fraction of sp³-hybridized carbons (Fsp3) is 0.364. The monoisotopic (exact) mass is 293 g/mol. The smallest absolute Gasteiger partial charge is 0.198 e. The van der Waals surface area contributed by atoms with Crippen molar-refractivity contribution < 1.29 is 0 Å². The topological polar surface area (TPSA) is 66.5 Å². The van der Waals surface area contributed by atoms with Gasteiger partial charge in [-0.05, 0) is 35.7 Å². The molecule has 1 saturated carbocycles. The van der Waals surface area contributed by atoms with Gasteiger partial charge < -0.3 is 5.32 Å². The molecule has 0 aromatic carbocycles. The van der Waals surface area contributed by atoms with Gasteiger partial charge in [-0.1, -0.05) is 0 Å². The summed E-state index contributed by atoms with van der Waals surface area (Å²) in [5, 5.41) is 10.5. The second-order valence-electron chi connectivity index (χ2n) is 4.28. The van der Waals surface area contributed by atoms with E-state index in [1.807, 2.05) is 13.0 Å². The number of aryl methyl sites for hydroxylation is 1. The minimum absolute atomic E-state index is 0.573. The molecule has 5 nitrogen and oxygen atoms in total. The minimum Gasteiger partial charge on any atom is -0.323 e. The lowest BCUT2D eigenvalue weighted by Crippen LogP contribution is -1.98. The first-order chi connectivity index (χ1) is 8.22. The average molecular weight is 294 g/mol. The molecule has 0 amide bonds. The van der Waals surface area contributed by atoms with E-state index < -0.39 is 0 Å². The largest absolute Gasteiger partial charge is 0.323 e. The van der Waals surface area contributed by atoms with E-state index >= 15 is 0 Å². The number of rotatable bonds is 3. The number of hydrogen-bond acceptors (Lipinski definition) is 4. The number of halogens is 1. The molecule has 3 rings (SSSR count). The zero-order valence-electron chi connectivity index (χ0n) is 9.37. The molecule has 1 aliphatic rings. The Morgan fingerprint density at radius 2 is 2.29 bits per heavy atom. The first-order valence-electron chi connectivity index (χ1n) is 5.54. The Bertz CT molecular complexity index is 547. The predicted molar refractivity (Wildman–Crippen MR) is 68.3 cm³/mol. The third kappa shape index (κ3) is 2.31. The number of anilines is 2. The van der Waals surface area contributed by atoms with Crippen LogP contribution in [0.3, 0.4) is 0 Å². The van der Waals surface area contributed by atoms with E-state index in [1.165, 1.54) is 18.5 Å². The molecule has 0 radical (unpaired) electrons. The van der Waals surface area contributed by atoms with Crippen LogP contribution in [0.5, 0.6) is 0 Å². The molecular weight excluding hydrogens is 282 g/mol. The maximum absolute atomic E-state index is 4.28. The number of nitrogens with one attached hydrogen (secondary N) is 2. The molecule has 0 unspecified atom stereocenters. The van der Waals surface area contributed by atoms with Crippen molar-refractivity contribution >= 4 is 27.6 Å². The minimum atomic E-state index is 0.573. The lowest BCUT2D eigenvalue weighted by molar-refractivity contribution is 0.965. The molecule has 0 spiro atoms. The first kappa shape index (κ1) is 10.7. The summed E-state index contributed by atoms with van der Waals surface area (Å²) < 4.78 is 0.573. The highest BCUT2D eigenvalue weighted by Crippen LogP contribution is 2.39. The molecule has 0 saturated heterocycles. The molecule has 0 bridgehead atoms. The van der Waals surface area contributed by atoms with Crippen molar-refractivity contribution in [2.45, 2.75) is 25.7 Å². The van der Waals surface area contributed by atoms with E-state index in [2.05, 4.69) is 41.4 Å². The maximum Gasteiger partial charge on any atom is 0.198 e.